The molecule has 1 aromatic carbocycles. The zero-order valence-corrected chi connectivity index (χ0v) is 10.7. The molecular weight excluding hydrogens is 226 g/mol. The van der Waals surface area contributed by atoms with Crippen molar-refractivity contribution in [3.8, 4) is 0 Å². The van der Waals surface area contributed by atoms with Crippen LogP contribution in [0.4, 0.5) is 0 Å². The second-order valence-corrected chi connectivity index (χ2v) is 4.22. The Hall–Kier alpha value is -2.03. The molecule has 0 aliphatic carbocycles. The van der Waals surface area contributed by atoms with Gasteiger partial charge in [0.25, 0.3) is 5.91 Å². The number of rotatable bonds is 4. The number of carbonyl (C=O) groups excluding carboxylic acids is 1. The van der Waals surface area contributed by atoms with Crippen molar-refractivity contribution >= 4 is 5.91 Å². The van der Waals surface area contributed by atoms with E-state index in [1.54, 1.807) is 17.0 Å². The van der Waals surface area contributed by atoms with Gasteiger partial charge in [0.2, 0.25) is 0 Å². The predicted octanol–water partition coefficient (Wildman–Crippen LogP) is 3.25. The molecule has 0 spiro atoms. The van der Waals surface area contributed by atoms with Crippen LogP contribution in [0.25, 0.3) is 0 Å². The normalized spacial score (nSPS) is 10.3. The molecule has 1 amide bonds. The minimum atomic E-state index is -0.0641. The van der Waals surface area contributed by atoms with Crippen LogP contribution in [-0.4, -0.2) is 17.4 Å². The lowest BCUT2D eigenvalue weighted by Crippen LogP contribution is -2.30. The quantitative estimate of drug-likeness (QED) is 0.826. The topological polar surface area (TPSA) is 33.5 Å². The lowest BCUT2D eigenvalue weighted by molar-refractivity contribution is 0.0720. The number of hydrogen-bond acceptors (Lipinski definition) is 2. The Morgan fingerprint density at radius 1 is 1.22 bits per heavy atom. The van der Waals surface area contributed by atoms with Crippen molar-refractivity contribution in [2.75, 3.05) is 6.54 Å². The van der Waals surface area contributed by atoms with Gasteiger partial charge in [0.1, 0.15) is 0 Å². The average Bonchev–Trinajstić information content (AvgIpc) is 2.91. The second kappa shape index (κ2) is 5.54. The molecule has 0 aliphatic heterocycles. The fourth-order valence-electron chi connectivity index (χ4n) is 1.88. The van der Waals surface area contributed by atoms with Crippen LogP contribution in [0.5, 0.6) is 0 Å². The molecule has 0 bridgehead atoms. The molecule has 0 saturated heterocycles. The number of furan rings is 1. The van der Waals surface area contributed by atoms with Gasteiger partial charge < -0.3 is 9.32 Å². The van der Waals surface area contributed by atoms with Crippen LogP contribution in [0.1, 0.15) is 28.6 Å². The molecule has 0 aliphatic rings. The van der Waals surface area contributed by atoms with Crippen molar-refractivity contribution in [2.24, 2.45) is 0 Å². The molecule has 94 valence electrons. The summed E-state index contributed by atoms with van der Waals surface area (Å²) in [6.45, 7) is 5.30. The molecule has 2 rings (SSSR count). The van der Waals surface area contributed by atoms with Gasteiger partial charge in [0.15, 0.2) is 5.76 Å². The monoisotopic (exact) mass is 243 g/mol. The number of benzene rings is 1. The highest BCUT2D eigenvalue weighted by atomic mass is 16.3. The first-order valence-electron chi connectivity index (χ1n) is 6.09. The Morgan fingerprint density at radius 2 is 2.00 bits per heavy atom. The van der Waals surface area contributed by atoms with Crippen LogP contribution in [0.2, 0.25) is 0 Å². The minimum absolute atomic E-state index is 0.0641. The molecule has 1 heterocycles. The van der Waals surface area contributed by atoms with E-state index in [1.165, 1.54) is 17.4 Å². The molecule has 3 heteroatoms. The predicted molar refractivity (Wildman–Crippen MR) is 70.3 cm³/mol. The summed E-state index contributed by atoms with van der Waals surface area (Å²) >= 11 is 0. The minimum Gasteiger partial charge on any atom is -0.459 e. The summed E-state index contributed by atoms with van der Waals surface area (Å²) in [4.78, 5) is 14.0. The van der Waals surface area contributed by atoms with E-state index in [1.807, 2.05) is 25.1 Å². The van der Waals surface area contributed by atoms with E-state index >= 15 is 0 Å². The summed E-state index contributed by atoms with van der Waals surface area (Å²) < 4.78 is 5.15. The number of hydrogen-bond donors (Lipinski definition) is 0. The van der Waals surface area contributed by atoms with Gasteiger partial charge >= 0.3 is 0 Å². The lowest BCUT2D eigenvalue weighted by Gasteiger charge is -2.20. The summed E-state index contributed by atoms with van der Waals surface area (Å²) in [6, 6.07) is 11.5. The van der Waals surface area contributed by atoms with Crippen LogP contribution in [-0.2, 0) is 6.54 Å². The van der Waals surface area contributed by atoms with E-state index in [0.717, 1.165) is 0 Å². The standard InChI is InChI=1S/C15H17NO2/c1-3-16(15(17)14-9-6-10-18-14)11-13-8-5-4-7-12(13)2/h4-10H,3,11H2,1-2H3. The number of amides is 1. The van der Waals surface area contributed by atoms with Gasteiger partial charge in [-0.3, -0.25) is 4.79 Å². The summed E-state index contributed by atoms with van der Waals surface area (Å²) in [5.74, 6) is 0.330. The SMILES string of the molecule is CCN(Cc1ccccc1C)C(=O)c1ccco1. The largest absolute Gasteiger partial charge is 0.459 e. The Labute approximate surface area is 107 Å². The van der Waals surface area contributed by atoms with Crippen molar-refractivity contribution in [3.63, 3.8) is 0 Å². The van der Waals surface area contributed by atoms with Gasteiger partial charge in [-0.25, -0.2) is 0 Å². The highest BCUT2D eigenvalue weighted by Gasteiger charge is 2.17. The fraction of sp³-hybridized carbons (Fsp3) is 0.267. The molecule has 1 aromatic heterocycles. The number of nitrogens with zero attached hydrogens (tertiary/aromatic N) is 1. The zero-order chi connectivity index (χ0) is 13.0. The first-order valence-corrected chi connectivity index (χ1v) is 6.09. The molecule has 0 N–H and O–H groups in total. The highest BCUT2D eigenvalue weighted by Crippen LogP contribution is 2.13. The third-order valence-electron chi connectivity index (χ3n) is 3.02. The van der Waals surface area contributed by atoms with E-state index < -0.39 is 0 Å². The van der Waals surface area contributed by atoms with Crippen LogP contribution in [0.15, 0.2) is 47.1 Å². The van der Waals surface area contributed by atoms with Crippen LogP contribution in [0.3, 0.4) is 0 Å². The summed E-state index contributed by atoms with van der Waals surface area (Å²) in [5.41, 5.74) is 2.36. The van der Waals surface area contributed by atoms with Crippen molar-refractivity contribution in [2.45, 2.75) is 20.4 Å². The maximum atomic E-state index is 12.2. The van der Waals surface area contributed by atoms with Gasteiger partial charge in [-0.1, -0.05) is 24.3 Å². The molecule has 2 aromatic rings. The Kier molecular flexibility index (Phi) is 3.82. The first-order chi connectivity index (χ1) is 8.72. The van der Waals surface area contributed by atoms with Crippen molar-refractivity contribution < 1.29 is 9.21 Å². The maximum Gasteiger partial charge on any atom is 0.289 e. The first kappa shape index (κ1) is 12.4. The second-order valence-electron chi connectivity index (χ2n) is 4.22. The van der Waals surface area contributed by atoms with Crippen molar-refractivity contribution in [1.29, 1.82) is 0 Å². The third kappa shape index (κ3) is 2.62. The molecule has 0 radical (unpaired) electrons. The van der Waals surface area contributed by atoms with Gasteiger partial charge in [0.05, 0.1) is 6.26 Å². The lowest BCUT2D eigenvalue weighted by atomic mass is 10.1. The van der Waals surface area contributed by atoms with E-state index in [-0.39, 0.29) is 5.91 Å². The number of aryl methyl sites for hydroxylation is 1. The van der Waals surface area contributed by atoms with Crippen LogP contribution >= 0.6 is 0 Å². The summed E-state index contributed by atoms with van der Waals surface area (Å²) in [7, 11) is 0. The molecule has 0 saturated carbocycles. The van der Waals surface area contributed by atoms with Gasteiger partial charge in [-0.2, -0.15) is 0 Å². The maximum absolute atomic E-state index is 12.2. The van der Waals surface area contributed by atoms with Crippen molar-refractivity contribution in [1.82, 2.24) is 4.90 Å². The Balaban J connectivity index is 2.15. The molecule has 18 heavy (non-hydrogen) atoms. The van der Waals surface area contributed by atoms with Gasteiger partial charge in [-0.15, -0.1) is 0 Å². The smallest absolute Gasteiger partial charge is 0.289 e. The summed E-state index contributed by atoms with van der Waals surface area (Å²) in [5, 5.41) is 0. The fourth-order valence-corrected chi connectivity index (χ4v) is 1.88. The molecule has 0 unspecified atom stereocenters. The van der Waals surface area contributed by atoms with E-state index in [2.05, 4.69) is 13.0 Å². The number of carbonyl (C=O) groups is 1. The Morgan fingerprint density at radius 3 is 2.61 bits per heavy atom. The van der Waals surface area contributed by atoms with Crippen LogP contribution in [0, 0.1) is 6.92 Å². The van der Waals surface area contributed by atoms with Gasteiger partial charge in [0, 0.05) is 13.1 Å². The van der Waals surface area contributed by atoms with Crippen LogP contribution < -0.4 is 0 Å². The van der Waals surface area contributed by atoms with Crippen molar-refractivity contribution in [3.05, 3.63) is 59.5 Å². The third-order valence-corrected chi connectivity index (χ3v) is 3.02. The Bertz CT molecular complexity index is 517. The zero-order valence-electron chi connectivity index (χ0n) is 10.7. The molecular formula is C15H17NO2. The summed E-state index contributed by atoms with van der Waals surface area (Å²) in [6.07, 6.45) is 1.52. The average molecular weight is 243 g/mol. The highest BCUT2D eigenvalue weighted by molar-refractivity contribution is 5.91. The molecule has 0 fully saturated rings. The van der Waals surface area contributed by atoms with E-state index in [4.69, 9.17) is 4.42 Å². The van der Waals surface area contributed by atoms with E-state index in [0.29, 0.717) is 18.8 Å². The molecule has 3 nitrogen and oxygen atoms in total. The van der Waals surface area contributed by atoms with E-state index in [9.17, 15) is 4.79 Å². The van der Waals surface area contributed by atoms with Gasteiger partial charge in [-0.05, 0) is 37.1 Å². The molecule has 0 atom stereocenters.